The molecule has 2 atom stereocenters. The second-order valence-electron chi connectivity index (χ2n) is 5.87. The molecular weight excluding hydrogens is 302 g/mol. The molecule has 0 amide bonds. The molecule has 0 saturated heterocycles. The van der Waals surface area contributed by atoms with Gasteiger partial charge >= 0.3 is 0 Å². The Morgan fingerprint density at radius 3 is 2.68 bits per heavy atom. The molecule has 0 bridgehead atoms. The van der Waals surface area contributed by atoms with Gasteiger partial charge in [-0.05, 0) is 36.8 Å². The number of H-pyrrole nitrogens is 1. The van der Waals surface area contributed by atoms with Gasteiger partial charge in [-0.2, -0.15) is 0 Å². The lowest BCUT2D eigenvalue weighted by atomic mass is 10.0. The summed E-state index contributed by atoms with van der Waals surface area (Å²) in [6.07, 6.45) is 7.02. The van der Waals surface area contributed by atoms with Crippen LogP contribution in [0.1, 0.15) is 36.0 Å². The van der Waals surface area contributed by atoms with Crippen LogP contribution < -0.4 is 0 Å². The Hall–Kier alpha value is -1.09. The fourth-order valence-corrected chi connectivity index (χ4v) is 4.48. The van der Waals surface area contributed by atoms with E-state index in [-0.39, 0.29) is 0 Å². The molecule has 0 radical (unpaired) electrons. The normalized spacial score (nSPS) is 29.2. The number of aromatic nitrogens is 1. The first-order chi connectivity index (χ1) is 9.27. The van der Waals surface area contributed by atoms with Crippen molar-refractivity contribution in [2.24, 2.45) is 17.8 Å². The van der Waals surface area contributed by atoms with Crippen molar-refractivity contribution in [3.63, 3.8) is 0 Å². The van der Waals surface area contributed by atoms with Crippen LogP contribution in [0.25, 0.3) is 10.9 Å². The Labute approximate surface area is 120 Å². The average molecular weight is 318 g/mol. The minimum Gasteiger partial charge on any atom is -0.360 e. The van der Waals surface area contributed by atoms with Crippen molar-refractivity contribution in [3.8, 4) is 0 Å². The van der Waals surface area contributed by atoms with Gasteiger partial charge in [-0.15, -0.1) is 0 Å². The van der Waals surface area contributed by atoms with Crippen LogP contribution in [-0.4, -0.2) is 10.8 Å². The molecule has 19 heavy (non-hydrogen) atoms. The van der Waals surface area contributed by atoms with Gasteiger partial charge in [0.2, 0.25) is 0 Å². The van der Waals surface area contributed by atoms with Crippen LogP contribution in [0.2, 0.25) is 0 Å². The van der Waals surface area contributed by atoms with E-state index in [4.69, 9.17) is 0 Å². The van der Waals surface area contributed by atoms with Crippen molar-refractivity contribution in [1.82, 2.24) is 4.98 Å². The maximum atomic E-state index is 12.8. The van der Waals surface area contributed by atoms with Crippen molar-refractivity contribution in [2.45, 2.75) is 25.7 Å². The standard InChI is InChI=1S/C16H16BrNO/c17-12-6-3-7-13-15(12)11(8-18-13)16(19)14-9-4-1-2-5-10(9)14/h3,6-10,14,18H,1-2,4-5H2. The van der Waals surface area contributed by atoms with Gasteiger partial charge in [0, 0.05) is 33.1 Å². The minimum absolute atomic E-state index is 0.300. The minimum atomic E-state index is 0.300. The number of carbonyl (C=O) groups excluding carboxylic acids is 1. The fraction of sp³-hybridized carbons (Fsp3) is 0.438. The first kappa shape index (κ1) is 11.7. The number of halogens is 1. The third kappa shape index (κ3) is 1.71. The molecule has 1 heterocycles. The maximum absolute atomic E-state index is 12.8. The van der Waals surface area contributed by atoms with Crippen LogP contribution in [0.4, 0.5) is 0 Å². The predicted molar refractivity (Wildman–Crippen MR) is 79.3 cm³/mol. The molecule has 3 heteroatoms. The Bertz CT molecular complexity index is 648. The molecule has 2 saturated carbocycles. The summed E-state index contributed by atoms with van der Waals surface area (Å²) < 4.78 is 1.01. The van der Waals surface area contributed by atoms with E-state index in [1.54, 1.807) is 0 Å². The zero-order chi connectivity index (χ0) is 13.0. The van der Waals surface area contributed by atoms with Crippen molar-refractivity contribution in [2.75, 3.05) is 0 Å². The first-order valence-electron chi connectivity index (χ1n) is 7.07. The number of rotatable bonds is 2. The molecule has 0 aliphatic heterocycles. The van der Waals surface area contributed by atoms with Crippen LogP contribution in [0.5, 0.6) is 0 Å². The quantitative estimate of drug-likeness (QED) is 0.810. The van der Waals surface area contributed by atoms with Crippen molar-refractivity contribution in [1.29, 1.82) is 0 Å². The van der Waals surface area contributed by atoms with E-state index in [1.807, 2.05) is 24.4 Å². The summed E-state index contributed by atoms with van der Waals surface area (Å²) in [5.74, 6) is 2.01. The van der Waals surface area contributed by atoms with Crippen molar-refractivity contribution >= 4 is 32.6 Å². The topological polar surface area (TPSA) is 32.9 Å². The van der Waals surface area contributed by atoms with Gasteiger partial charge in [0.25, 0.3) is 0 Å². The number of fused-ring (bicyclic) bond motifs is 2. The van der Waals surface area contributed by atoms with Crippen LogP contribution in [0.15, 0.2) is 28.9 Å². The van der Waals surface area contributed by atoms with Crippen LogP contribution in [0.3, 0.4) is 0 Å². The molecule has 2 nitrogen and oxygen atoms in total. The largest absolute Gasteiger partial charge is 0.360 e. The number of hydrogen-bond acceptors (Lipinski definition) is 1. The zero-order valence-electron chi connectivity index (χ0n) is 10.7. The predicted octanol–water partition coefficient (Wildman–Crippen LogP) is 4.55. The lowest BCUT2D eigenvalue weighted by molar-refractivity contribution is 0.0958. The van der Waals surface area contributed by atoms with E-state index in [9.17, 15) is 4.79 Å². The van der Waals surface area contributed by atoms with Gasteiger partial charge in [0.1, 0.15) is 0 Å². The third-order valence-electron chi connectivity index (χ3n) is 4.88. The number of ketones is 1. The highest BCUT2D eigenvalue weighted by atomic mass is 79.9. The summed E-state index contributed by atoms with van der Waals surface area (Å²) in [5.41, 5.74) is 1.92. The average Bonchev–Trinajstić information content (AvgIpc) is 2.99. The summed E-state index contributed by atoms with van der Waals surface area (Å²) in [5, 5.41) is 1.05. The molecule has 0 spiro atoms. The second kappa shape index (κ2) is 4.20. The van der Waals surface area contributed by atoms with Crippen molar-refractivity contribution in [3.05, 3.63) is 34.4 Å². The molecule has 1 aromatic heterocycles. The van der Waals surface area contributed by atoms with Gasteiger partial charge in [-0.25, -0.2) is 0 Å². The molecule has 2 aliphatic rings. The Kier molecular flexibility index (Phi) is 2.59. The lowest BCUT2D eigenvalue weighted by Crippen LogP contribution is -2.03. The number of nitrogens with one attached hydrogen (secondary N) is 1. The summed E-state index contributed by atoms with van der Waals surface area (Å²) in [6.45, 7) is 0. The van der Waals surface area contributed by atoms with Gasteiger partial charge in [0.05, 0.1) is 0 Å². The molecule has 2 aliphatic carbocycles. The highest BCUT2D eigenvalue weighted by Crippen LogP contribution is 2.56. The molecular formula is C16H16BrNO. The highest BCUT2D eigenvalue weighted by molar-refractivity contribution is 9.10. The summed E-state index contributed by atoms with van der Waals surface area (Å²) in [7, 11) is 0. The zero-order valence-corrected chi connectivity index (χ0v) is 12.2. The molecule has 4 rings (SSSR count). The lowest BCUT2D eigenvalue weighted by Gasteiger charge is -2.04. The number of carbonyl (C=O) groups is 1. The van der Waals surface area contributed by atoms with Gasteiger partial charge in [-0.1, -0.05) is 34.8 Å². The Morgan fingerprint density at radius 2 is 1.95 bits per heavy atom. The molecule has 1 aromatic carbocycles. The van der Waals surface area contributed by atoms with E-state index >= 15 is 0 Å². The van der Waals surface area contributed by atoms with E-state index in [1.165, 1.54) is 25.7 Å². The summed E-state index contributed by atoms with van der Waals surface area (Å²) >= 11 is 3.57. The fourth-order valence-electron chi connectivity index (χ4n) is 3.90. The SMILES string of the molecule is O=C(c1c[nH]c2cccc(Br)c12)C1C2CCCCC21. The van der Waals surface area contributed by atoms with Gasteiger partial charge in [0.15, 0.2) is 5.78 Å². The smallest absolute Gasteiger partial charge is 0.168 e. The first-order valence-corrected chi connectivity index (χ1v) is 7.86. The van der Waals surface area contributed by atoms with Crippen molar-refractivity contribution < 1.29 is 4.79 Å². The Morgan fingerprint density at radius 1 is 1.21 bits per heavy atom. The summed E-state index contributed by atoms with van der Waals surface area (Å²) in [4.78, 5) is 16.0. The third-order valence-corrected chi connectivity index (χ3v) is 5.54. The van der Waals surface area contributed by atoms with Gasteiger partial charge in [-0.3, -0.25) is 4.79 Å². The summed E-state index contributed by atoms with van der Waals surface area (Å²) in [6, 6.07) is 6.03. The Balaban J connectivity index is 1.73. The number of benzene rings is 1. The van der Waals surface area contributed by atoms with Crippen LogP contribution in [-0.2, 0) is 0 Å². The van der Waals surface area contributed by atoms with E-state index in [0.717, 1.165) is 20.9 Å². The molecule has 2 aromatic rings. The van der Waals surface area contributed by atoms with E-state index in [2.05, 4.69) is 20.9 Å². The maximum Gasteiger partial charge on any atom is 0.168 e. The molecule has 1 N–H and O–H groups in total. The monoisotopic (exact) mass is 317 g/mol. The number of hydrogen-bond donors (Lipinski definition) is 1. The van der Waals surface area contributed by atoms with E-state index < -0.39 is 0 Å². The van der Waals surface area contributed by atoms with Gasteiger partial charge < -0.3 is 4.98 Å². The molecule has 2 unspecified atom stereocenters. The van der Waals surface area contributed by atoms with E-state index in [0.29, 0.717) is 23.5 Å². The number of Topliss-reactive ketones (excluding diaryl/α,β-unsaturated/α-hetero) is 1. The molecule has 98 valence electrons. The molecule has 2 fully saturated rings. The number of aromatic amines is 1. The van der Waals surface area contributed by atoms with Crippen LogP contribution >= 0.6 is 15.9 Å². The second-order valence-corrected chi connectivity index (χ2v) is 6.72. The highest BCUT2D eigenvalue weighted by Gasteiger charge is 2.54. The van der Waals surface area contributed by atoms with Crippen LogP contribution in [0, 0.1) is 17.8 Å².